The second kappa shape index (κ2) is 9.35. The van der Waals surface area contributed by atoms with Crippen molar-refractivity contribution in [3.63, 3.8) is 0 Å². The van der Waals surface area contributed by atoms with E-state index in [1.54, 1.807) is 32.1 Å². The van der Waals surface area contributed by atoms with Gasteiger partial charge in [0.05, 0.1) is 0 Å². The average molecular weight is 466 g/mol. The van der Waals surface area contributed by atoms with Crippen LogP contribution >= 0.6 is 11.3 Å². The number of nitrogens with zero attached hydrogens (tertiary/aromatic N) is 1. The smallest absolute Gasteiger partial charge is 0.417 e. The predicted molar refractivity (Wildman–Crippen MR) is 127 cm³/mol. The molecule has 0 bridgehead atoms. The lowest BCUT2D eigenvalue weighted by atomic mass is 10.00. The Hall–Kier alpha value is -3.19. The van der Waals surface area contributed by atoms with E-state index in [0.29, 0.717) is 6.42 Å². The van der Waals surface area contributed by atoms with Gasteiger partial charge in [0.25, 0.3) is 0 Å². The summed E-state index contributed by atoms with van der Waals surface area (Å²) in [5, 5.41) is 1.12. The topological polar surface area (TPSA) is 72.9 Å². The fourth-order valence-electron chi connectivity index (χ4n) is 3.93. The average Bonchev–Trinajstić information content (AvgIpc) is 3.32. The van der Waals surface area contributed by atoms with Gasteiger partial charge in [0.15, 0.2) is 0 Å². The summed E-state index contributed by atoms with van der Waals surface area (Å²) in [6.45, 7) is 5.25. The molecular weight excluding hydrogens is 438 g/mol. The van der Waals surface area contributed by atoms with Crippen LogP contribution in [0.25, 0.3) is 10.1 Å². The largest absolute Gasteiger partial charge is 0.459 e. The third kappa shape index (κ3) is 5.42. The summed E-state index contributed by atoms with van der Waals surface area (Å²) in [4.78, 5) is 41.1. The SMILES string of the molecule is CC(C)(C)OC(=O)N1C(=O)[C@@H](Cc2cc3ccccc3s2)C[C@@H]1C(=O)OCc1ccccc1. The normalized spacial score (nSPS) is 18.5. The maximum absolute atomic E-state index is 13.3. The molecule has 3 aromatic rings. The van der Waals surface area contributed by atoms with E-state index in [1.807, 2.05) is 54.6 Å². The Balaban J connectivity index is 1.53. The molecule has 2 amide bonds. The Morgan fingerprint density at radius 1 is 1.06 bits per heavy atom. The van der Waals surface area contributed by atoms with Crippen molar-refractivity contribution in [3.05, 3.63) is 71.1 Å². The number of imide groups is 1. The summed E-state index contributed by atoms with van der Waals surface area (Å²) in [5.74, 6) is -1.50. The molecule has 0 radical (unpaired) electrons. The molecule has 0 aliphatic carbocycles. The predicted octanol–water partition coefficient (Wildman–Crippen LogP) is 5.34. The van der Waals surface area contributed by atoms with E-state index in [-0.39, 0.29) is 13.0 Å². The summed E-state index contributed by atoms with van der Waals surface area (Å²) < 4.78 is 12.1. The molecule has 7 heteroatoms. The van der Waals surface area contributed by atoms with Crippen LogP contribution < -0.4 is 0 Å². The number of carbonyl (C=O) groups is 3. The van der Waals surface area contributed by atoms with E-state index in [4.69, 9.17) is 9.47 Å². The van der Waals surface area contributed by atoms with Crippen molar-refractivity contribution in [2.75, 3.05) is 0 Å². The van der Waals surface area contributed by atoms with Crippen LogP contribution in [0.3, 0.4) is 0 Å². The lowest BCUT2D eigenvalue weighted by molar-refractivity contribution is -0.152. The highest BCUT2D eigenvalue weighted by molar-refractivity contribution is 7.19. The van der Waals surface area contributed by atoms with Gasteiger partial charge in [-0.3, -0.25) is 4.79 Å². The highest BCUT2D eigenvalue weighted by Gasteiger charge is 2.48. The number of esters is 1. The molecule has 2 aromatic carbocycles. The standard InChI is InChI=1S/C26H27NO5S/c1-26(2,3)32-25(30)27-21(24(29)31-16-17-9-5-4-6-10-17)15-19(23(27)28)14-20-13-18-11-7-8-12-22(18)33-20/h4-13,19,21H,14-16H2,1-3H3/t19-,21+/m0/s1. The van der Waals surface area contributed by atoms with Gasteiger partial charge in [0.1, 0.15) is 18.2 Å². The number of benzene rings is 2. The fraction of sp³-hybridized carbons (Fsp3) is 0.346. The van der Waals surface area contributed by atoms with Crippen molar-refractivity contribution >= 4 is 39.4 Å². The zero-order chi connectivity index (χ0) is 23.6. The molecule has 6 nitrogen and oxygen atoms in total. The minimum absolute atomic E-state index is 0.0769. The first-order valence-corrected chi connectivity index (χ1v) is 11.8. The summed E-state index contributed by atoms with van der Waals surface area (Å²) in [6.07, 6.45) is -0.145. The van der Waals surface area contributed by atoms with E-state index >= 15 is 0 Å². The zero-order valence-corrected chi connectivity index (χ0v) is 19.8. The number of thiophene rings is 1. The van der Waals surface area contributed by atoms with Crippen LogP contribution in [-0.2, 0) is 32.1 Å². The molecular formula is C26H27NO5S. The van der Waals surface area contributed by atoms with Crippen LogP contribution in [0.15, 0.2) is 60.7 Å². The Morgan fingerprint density at radius 3 is 2.45 bits per heavy atom. The molecule has 1 aromatic heterocycles. The van der Waals surface area contributed by atoms with Crippen molar-refractivity contribution in [1.82, 2.24) is 4.90 Å². The van der Waals surface area contributed by atoms with Crippen LogP contribution in [0.1, 0.15) is 37.6 Å². The number of hydrogen-bond acceptors (Lipinski definition) is 6. The molecule has 1 saturated heterocycles. The molecule has 2 heterocycles. The Bertz CT molecular complexity index is 1130. The minimum Gasteiger partial charge on any atom is -0.459 e. The third-order valence-electron chi connectivity index (χ3n) is 5.42. The first-order valence-electron chi connectivity index (χ1n) is 11.0. The maximum Gasteiger partial charge on any atom is 0.417 e. The highest BCUT2D eigenvalue weighted by atomic mass is 32.1. The molecule has 0 N–H and O–H groups in total. The number of hydrogen-bond donors (Lipinski definition) is 0. The van der Waals surface area contributed by atoms with Gasteiger partial charge in [-0.1, -0.05) is 48.5 Å². The van der Waals surface area contributed by atoms with Gasteiger partial charge in [0, 0.05) is 15.5 Å². The Kier molecular flexibility index (Phi) is 6.51. The minimum atomic E-state index is -1.00. The monoisotopic (exact) mass is 465 g/mol. The fourth-order valence-corrected chi connectivity index (χ4v) is 5.08. The lowest BCUT2D eigenvalue weighted by Gasteiger charge is -2.26. The maximum atomic E-state index is 13.3. The second-order valence-electron chi connectivity index (χ2n) is 9.18. The van der Waals surface area contributed by atoms with Crippen molar-refractivity contribution in [2.24, 2.45) is 5.92 Å². The quantitative estimate of drug-likeness (QED) is 0.476. The molecule has 33 heavy (non-hydrogen) atoms. The second-order valence-corrected chi connectivity index (χ2v) is 10.4. The van der Waals surface area contributed by atoms with E-state index in [0.717, 1.165) is 25.4 Å². The number of amides is 2. The number of likely N-dealkylation sites (tertiary alicyclic amines) is 1. The summed E-state index contributed by atoms with van der Waals surface area (Å²) in [7, 11) is 0. The van der Waals surface area contributed by atoms with E-state index < -0.39 is 35.5 Å². The van der Waals surface area contributed by atoms with E-state index in [2.05, 4.69) is 6.07 Å². The van der Waals surface area contributed by atoms with E-state index in [9.17, 15) is 14.4 Å². The number of rotatable bonds is 5. The molecule has 1 fully saturated rings. The van der Waals surface area contributed by atoms with Crippen molar-refractivity contribution < 1.29 is 23.9 Å². The van der Waals surface area contributed by atoms with Gasteiger partial charge >= 0.3 is 12.1 Å². The molecule has 172 valence electrons. The van der Waals surface area contributed by atoms with Gasteiger partial charge in [-0.15, -0.1) is 11.3 Å². The summed E-state index contributed by atoms with van der Waals surface area (Å²) >= 11 is 1.62. The van der Waals surface area contributed by atoms with Crippen molar-refractivity contribution in [1.29, 1.82) is 0 Å². The molecule has 1 aliphatic heterocycles. The van der Waals surface area contributed by atoms with Crippen molar-refractivity contribution in [3.8, 4) is 0 Å². The zero-order valence-electron chi connectivity index (χ0n) is 18.9. The van der Waals surface area contributed by atoms with Crippen LogP contribution in [0, 0.1) is 5.92 Å². The molecule has 2 atom stereocenters. The number of ether oxygens (including phenoxy) is 2. The van der Waals surface area contributed by atoms with Gasteiger partial charge < -0.3 is 9.47 Å². The molecule has 0 spiro atoms. The van der Waals surface area contributed by atoms with Gasteiger partial charge in [0.2, 0.25) is 5.91 Å². The summed E-state index contributed by atoms with van der Waals surface area (Å²) in [6, 6.07) is 18.4. The van der Waals surface area contributed by atoms with Crippen LogP contribution in [0.5, 0.6) is 0 Å². The molecule has 0 unspecified atom stereocenters. The number of fused-ring (bicyclic) bond motifs is 1. The molecule has 0 saturated carbocycles. The van der Waals surface area contributed by atoms with Crippen molar-refractivity contribution in [2.45, 2.75) is 51.9 Å². The van der Waals surface area contributed by atoms with Crippen LogP contribution in [0.2, 0.25) is 0 Å². The first-order chi connectivity index (χ1) is 15.7. The van der Waals surface area contributed by atoms with Crippen LogP contribution in [0.4, 0.5) is 4.79 Å². The number of carbonyl (C=O) groups excluding carboxylic acids is 3. The first kappa shape index (κ1) is 23.0. The van der Waals surface area contributed by atoms with E-state index in [1.165, 1.54) is 0 Å². The Morgan fingerprint density at radius 2 is 1.76 bits per heavy atom. The van der Waals surface area contributed by atoms with Gasteiger partial charge in [-0.05, 0) is 56.7 Å². The van der Waals surface area contributed by atoms with Crippen LogP contribution in [-0.4, -0.2) is 34.5 Å². The molecule has 1 aliphatic rings. The lowest BCUT2D eigenvalue weighted by Crippen LogP contribution is -2.46. The Labute approximate surface area is 197 Å². The highest BCUT2D eigenvalue weighted by Crippen LogP contribution is 2.34. The third-order valence-corrected chi connectivity index (χ3v) is 6.55. The summed E-state index contributed by atoms with van der Waals surface area (Å²) in [5.41, 5.74) is 0.0418. The van der Waals surface area contributed by atoms with Gasteiger partial charge in [-0.25, -0.2) is 14.5 Å². The molecule has 4 rings (SSSR count). The van der Waals surface area contributed by atoms with Gasteiger partial charge in [-0.2, -0.15) is 0 Å².